The summed E-state index contributed by atoms with van der Waals surface area (Å²) in [6, 6.07) is 20.7. The van der Waals surface area contributed by atoms with Crippen molar-refractivity contribution in [2.45, 2.75) is 25.8 Å². The van der Waals surface area contributed by atoms with Crippen LogP contribution in [0.25, 0.3) is 0 Å². The summed E-state index contributed by atoms with van der Waals surface area (Å²) in [4.78, 5) is 8.82. The van der Waals surface area contributed by atoms with Crippen LogP contribution in [0.3, 0.4) is 0 Å². The number of nitrogens with one attached hydrogen (secondary N) is 1. The van der Waals surface area contributed by atoms with Gasteiger partial charge in [0.05, 0.1) is 6.04 Å². The Morgan fingerprint density at radius 1 is 0.958 bits per heavy atom. The molecule has 122 valence electrons. The molecule has 0 aliphatic heterocycles. The molecule has 0 spiro atoms. The van der Waals surface area contributed by atoms with Gasteiger partial charge in [0, 0.05) is 11.8 Å². The highest BCUT2D eigenvalue weighted by Crippen LogP contribution is 2.18. The van der Waals surface area contributed by atoms with Crippen molar-refractivity contribution in [2.24, 2.45) is 0 Å². The molecule has 0 saturated heterocycles. The zero-order valence-electron chi connectivity index (χ0n) is 13.8. The van der Waals surface area contributed by atoms with Gasteiger partial charge in [-0.25, -0.2) is 4.98 Å². The topological polar surface area (TPSA) is 63.8 Å². The third-order valence-corrected chi connectivity index (χ3v) is 4.07. The van der Waals surface area contributed by atoms with Crippen molar-refractivity contribution in [3.63, 3.8) is 0 Å². The number of anilines is 2. The average Bonchev–Trinajstić information content (AvgIpc) is 2.62. The van der Waals surface area contributed by atoms with Crippen LogP contribution in [-0.4, -0.2) is 9.97 Å². The summed E-state index contributed by atoms with van der Waals surface area (Å²) in [6.07, 6.45) is 3.59. The highest BCUT2D eigenvalue weighted by atomic mass is 15.1. The van der Waals surface area contributed by atoms with Crippen LogP contribution in [0.5, 0.6) is 0 Å². The molecule has 0 bridgehead atoms. The molecule has 0 unspecified atom stereocenters. The maximum atomic E-state index is 6.11. The van der Waals surface area contributed by atoms with Crippen LogP contribution in [0, 0.1) is 0 Å². The van der Waals surface area contributed by atoms with Gasteiger partial charge < -0.3 is 11.1 Å². The third kappa shape index (κ3) is 4.10. The summed E-state index contributed by atoms with van der Waals surface area (Å²) in [5.41, 5.74) is 9.57. The largest absolute Gasteiger partial charge is 0.383 e. The molecule has 0 saturated carbocycles. The second kappa shape index (κ2) is 7.59. The van der Waals surface area contributed by atoms with Crippen molar-refractivity contribution in [3.8, 4) is 0 Å². The normalized spacial score (nSPS) is 11.9. The Labute approximate surface area is 142 Å². The molecule has 0 fully saturated rings. The van der Waals surface area contributed by atoms with E-state index in [0.29, 0.717) is 11.8 Å². The monoisotopic (exact) mass is 318 g/mol. The number of benzene rings is 2. The predicted octanol–water partition coefficient (Wildman–Crippen LogP) is 4.02. The van der Waals surface area contributed by atoms with Gasteiger partial charge in [0.2, 0.25) is 5.95 Å². The standard InChI is InChI=1S/C20H22N4/c1-15(17-10-6-3-7-11-17)23-20-22-14-18(19(21)24-20)13-12-16-8-4-2-5-9-16/h2-11,14-15H,12-13H2,1H3,(H3,21,22,23,24)/t15-/m1/s1. The maximum Gasteiger partial charge on any atom is 0.225 e. The fourth-order valence-electron chi connectivity index (χ4n) is 2.62. The second-order valence-electron chi connectivity index (χ2n) is 5.87. The number of nitrogens with two attached hydrogens (primary N) is 1. The van der Waals surface area contributed by atoms with E-state index >= 15 is 0 Å². The fourth-order valence-corrected chi connectivity index (χ4v) is 2.62. The fraction of sp³-hybridized carbons (Fsp3) is 0.200. The number of hydrogen-bond donors (Lipinski definition) is 2. The molecule has 3 aromatic rings. The molecular formula is C20H22N4. The minimum absolute atomic E-state index is 0.126. The molecular weight excluding hydrogens is 296 g/mol. The van der Waals surface area contributed by atoms with Crippen molar-refractivity contribution < 1.29 is 0 Å². The van der Waals surface area contributed by atoms with Crippen LogP contribution in [0.1, 0.15) is 29.7 Å². The third-order valence-electron chi connectivity index (χ3n) is 4.07. The minimum atomic E-state index is 0.126. The van der Waals surface area contributed by atoms with Crippen LogP contribution in [-0.2, 0) is 12.8 Å². The summed E-state index contributed by atoms with van der Waals surface area (Å²) in [6.45, 7) is 2.08. The van der Waals surface area contributed by atoms with Crippen molar-refractivity contribution in [2.75, 3.05) is 11.1 Å². The molecule has 4 nitrogen and oxygen atoms in total. The number of rotatable bonds is 6. The first-order valence-corrected chi connectivity index (χ1v) is 8.19. The van der Waals surface area contributed by atoms with E-state index in [1.807, 2.05) is 42.6 Å². The average molecular weight is 318 g/mol. The molecule has 1 atom stereocenters. The molecule has 1 aromatic heterocycles. The minimum Gasteiger partial charge on any atom is -0.383 e. The molecule has 0 radical (unpaired) electrons. The van der Waals surface area contributed by atoms with E-state index < -0.39 is 0 Å². The Morgan fingerprint density at radius 3 is 2.29 bits per heavy atom. The van der Waals surface area contributed by atoms with Gasteiger partial charge in [-0.1, -0.05) is 60.7 Å². The molecule has 0 amide bonds. The van der Waals surface area contributed by atoms with Gasteiger partial charge in [-0.3, -0.25) is 0 Å². The second-order valence-corrected chi connectivity index (χ2v) is 5.87. The Morgan fingerprint density at radius 2 is 1.62 bits per heavy atom. The molecule has 0 aliphatic carbocycles. The van der Waals surface area contributed by atoms with E-state index in [1.165, 1.54) is 11.1 Å². The Bertz CT molecular complexity index is 772. The van der Waals surface area contributed by atoms with Crippen LogP contribution in [0.2, 0.25) is 0 Å². The van der Waals surface area contributed by atoms with Crippen molar-refractivity contribution >= 4 is 11.8 Å². The molecule has 3 rings (SSSR count). The number of aromatic nitrogens is 2. The molecule has 4 heteroatoms. The van der Waals surface area contributed by atoms with E-state index in [2.05, 4.69) is 46.5 Å². The molecule has 0 aliphatic rings. The quantitative estimate of drug-likeness (QED) is 0.720. The summed E-state index contributed by atoms with van der Waals surface area (Å²) in [7, 11) is 0. The lowest BCUT2D eigenvalue weighted by atomic mass is 10.1. The zero-order valence-corrected chi connectivity index (χ0v) is 13.8. The van der Waals surface area contributed by atoms with E-state index in [-0.39, 0.29) is 6.04 Å². The molecule has 2 aromatic carbocycles. The smallest absolute Gasteiger partial charge is 0.225 e. The van der Waals surface area contributed by atoms with Gasteiger partial charge in [-0.2, -0.15) is 4.98 Å². The van der Waals surface area contributed by atoms with E-state index in [4.69, 9.17) is 5.73 Å². The first-order chi connectivity index (χ1) is 11.7. The zero-order chi connectivity index (χ0) is 16.8. The van der Waals surface area contributed by atoms with Crippen molar-refractivity contribution in [1.29, 1.82) is 0 Å². The van der Waals surface area contributed by atoms with Crippen molar-refractivity contribution in [1.82, 2.24) is 9.97 Å². The van der Waals surface area contributed by atoms with Crippen molar-refractivity contribution in [3.05, 3.63) is 83.6 Å². The van der Waals surface area contributed by atoms with Gasteiger partial charge in [-0.15, -0.1) is 0 Å². The summed E-state index contributed by atoms with van der Waals surface area (Å²) in [5.74, 6) is 1.11. The van der Waals surface area contributed by atoms with Gasteiger partial charge in [0.15, 0.2) is 0 Å². The van der Waals surface area contributed by atoms with Gasteiger partial charge in [-0.05, 0) is 30.9 Å². The molecule has 3 N–H and O–H groups in total. The lowest BCUT2D eigenvalue weighted by molar-refractivity contribution is 0.855. The van der Waals surface area contributed by atoms with Gasteiger partial charge >= 0.3 is 0 Å². The number of nitrogens with zero attached hydrogens (tertiary/aromatic N) is 2. The number of aryl methyl sites for hydroxylation is 2. The maximum absolute atomic E-state index is 6.11. The Kier molecular flexibility index (Phi) is 5.06. The van der Waals surface area contributed by atoms with Crippen LogP contribution < -0.4 is 11.1 Å². The Hall–Kier alpha value is -2.88. The van der Waals surface area contributed by atoms with Crippen LogP contribution in [0.4, 0.5) is 11.8 Å². The van der Waals surface area contributed by atoms with E-state index in [1.54, 1.807) is 0 Å². The predicted molar refractivity (Wildman–Crippen MR) is 98.8 cm³/mol. The lowest BCUT2D eigenvalue weighted by Gasteiger charge is -2.15. The summed E-state index contributed by atoms with van der Waals surface area (Å²) >= 11 is 0. The van der Waals surface area contributed by atoms with E-state index in [0.717, 1.165) is 18.4 Å². The summed E-state index contributed by atoms with van der Waals surface area (Å²) in [5, 5.41) is 3.30. The number of nitrogen functional groups attached to an aromatic ring is 1. The van der Waals surface area contributed by atoms with Gasteiger partial charge in [0.1, 0.15) is 5.82 Å². The highest BCUT2D eigenvalue weighted by molar-refractivity contribution is 5.44. The molecule has 1 heterocycles. The molecule has 24 heavy (non-hydrogen) atoms. The van der Waals surface area contributed by atoms with Gasteiger partial charge in [0.25, 0.3) is 0 Å². The SMILES string of the molecule is C[C@@H](Nc1ncc(CCc2ccccc2)c(N)n1)c1ccccc1. The van der Waals surface area contributed by atoms with Crippen LogP contribution >= 0.6 is 0 Å². The first-order valence-electron chi connectivity index (χ1n) is 8.19. The Balaban J connectivity index is 1.64. The first kappa shape index (κ1) is 16.0. The van der Waals surface area contributed by atoms with E-state index in [9.17, 15) is 0 Å². The number of hydrogen-bond acceptors (Lipinski definition) is 4. The highest BCUT2D eigenvalue weighted by Gasteiger charge is 2.09. The lowest BCUT2D eigenvalue weighted by Crippen LogP contribution is -2.11. The van der Waals surface area contributed by atoms with Crippen LogP contribution in [0.15, 0.2) is 66.9 Å². The summed E-state index contributed by atoms with van der Waals surface area (Å²) < 4.78 is 0.